The van der Waals surface area contributed by atoms with Gasteiger partial charge in [0, 0.05) is 48.7 Å². The second-order valence-electron chi connectivity index (χ2n) is 7.27. The van der Waals surface area contributed by atoms with Gasteiger partial charge in [0.05, 0.1) is 13.2 Å². The highest BCUT2D eigenvalue weighted by molar-refractivity contribution is 5.94. The summed E-state index contributed by atoms with van der Waals surface area (Å²) in [7, 11) is 0. The monoisotopic (exact) mass is 369 g/mol. The molecule has 1 amide bonds. The van der Waals surface area contributed by atoms with Gasteiger partial charge in [0.25, 0.3) is 5.91 Å². The first-order chi connectivity index (χ1) is 13.0. The van der Waals surface area contributed by atoms with Crippen molar-refractivity contribution >= 4 is 5.91 Å². The predicted molar refractivity (Wildman–Crippen MR) is 104 cm³/mol. The zero-order chi connectivity index (χ0) is 19.1. The van der Waals surface area contributed by atoms with Gasteiger partial charge >= 0.3 is 0 Å². The van der Waals surface area contributed by atoms with Crippen LogP contribution < -0.4 is 10.1 Å². The average molecular weight is 369 g/mol. The summed E-state index contributed by atoms with van der Waals surface area (Å²) in [4.78, 5) is 19.0. The van der Waals surface area contributed by atoms with Gasteiger partial charge in [-0.05, 0) is 38.1 Å². The van der Waals surface area contributed by atoms with E-state index in [1.54, 1.807) is 24.5 Å². The van der Waals surface area contributed by atoms with Crippen LogP contribution in [0.1, 0.15) is 29.8 Å². The molecule has 3 rings (SSSR count). The number of aromatic nitrogens is 1. The highest BCUT2D eigenvalue weighted by atomic mass is 16.5. The molecule has 1 aliphatic heterocycles. The first-order valence-electron chi connectivity index (χ1n) is 9.27. The Morgan fingerprint density at radius 1 is 1.26 bits per heavy atom. The number of carbonyl (C=O) groups is 1. The molecule has 1 aromatic heterocycles. The standard InChI is InChI=1S/C21H27N3O3/c1-21(2,24-9-11-26-12-10-24)16-23-20(25)18-6-3-7-19(13-18)27-15-17-5-4-8-22-14-17/h3-8,13-14H,9-12,15-16H2,1-2H3,(H,23,25). The van der Waals surface area contributed by atoms with Crippen molar-refractivity contribution in [2.24, 2.45) is 0 Å². The van der Waals surface area contributed by atoms with Gasteiger partial charge in [-0.2, -0.15) is 0 Å². The third-order valence-corrected chi connectivity index (χ3v) is 4.77. The second kappa shape index (κ2) is 8.97. The summed E-state index contributed by atoms with van der Waals surface area (Å²) < 4.78 is 11.2. The Morgan fingerprint density at radius 2 is 2.07 bits per heavy atom. The highest BCUT2D eigenvalue weighted by Gasteiger charge is 2.28. The Labute approximate surface area is 160 Å². The third kappa shape index (κ3) is 5.52. The maximum atomic E-state index is 12.6. The van der Waals surface area contributed by atoms with E-state index >= 15 is 0 Å². The summed E-state index contributed by atoms with van der Waals surface area (Å²) >= 11 is 0. The van der Waals surface area contributed by atoms with Crippen LogP contribution in [0, 0.1) is 0 Å². The fraction of sp³-hybridized carbons (Fsp3) is 0.429. The Balaban J connectivity index is 1.55. The van der Waals surface area contributed by atoms with E-state index in [4.69, 9.17) is 9.47 Å². The predicted octanol–water partition coefficient (Wildman–Crippen LogP) is 2.50. The quantitative estimate of drug-likeness (QED) is 0.812. The molecule has 0 radical (unpaired) electrons. The molecule has 6 heteroatoms. The Morgan fingerprint density at radius 3 is 2.81 bits per heavy atom. The number of hydrogen-bond acceptors (Lipinski definition) is 5. The van der Waals surface area contributed by atoms with Gasteiger partial charge in [-0.15, -0.1) is 0 Å². The van der Waals surface area contributed by atoms with Crippen LogP contribution in [0.15, 0.2) is 48.8 Å². The molecule has 1 fully saturated rings. The number of amides is 1. The maximum absolute atomic E-state index is 12.6. The minimum Gasteiger partial charge on any atom is -0.489 e. The van der Waals surface area contributed by atoms with Crippen molar-refractivity contribution in [1.82, 2.24) is 15.2 Å². The van der Waals surface area contributed by atoms with Gasteiger partial charge in [-0.3, -0.25) is 14.7 Å². The average Bonchev–Trinajstić information content (AvgIpc) is 2.72. The summed E-state index contributed by atoms with van der Waals surface area (Å²) in [5, 5.41) is 3.05. The normalized spacial score (nSPS) is 15.3. The number of pyridine rings is 1. The first-order valence-corrected chi connectivity index (χ1v) is 9.27. The molecule has 2 heterocycles. The van der Waals surface area contributed by atoms with E-state index in [1.165, 1.54) is 0 Å². The number of hydrogen-bond donors (Lipinski definition) is 1. The number of nitrogens with one attached hydrogen (secondary N) is 1. The fourth-order valence-corrected chi connectivity index (χ4v) is 3.06. The second-order valence-corrected chi connectivity index (χ2v) is 7.27. The van der Waals surface area contributed by atoms with Crippen molar-refractivity contribution in [3.05, 3.63) is 59.9 Å². The summed E-state index contributed by atoms with van der Waals surface area (Å²) in [5.74, 6) is 0.571. The number of carbonyl (C=O) groups excluding carboxylic acids is 1. The zero-order valence-electron chi connectivity index (χ0n) is 16.0. The van der Waals surface area contributed by atoms with Crippen LogP contribution >= 0.6 is 0 Å². The van der Waals surface area contributed by atoms with Gasteiger partial charge in [0.2, 0.25) is 0 Å². The molecule has 0 bridgehead atoms. The first kappa shape index (κ1) is 19.3. The SMILES string of the molecule is CC(C)(CNC(=O)c1cccc(OCc2cccnc2)c1)N1CCOCC1. The molecule has 0 saturated carbocycles. The molecule has 1 saturated heterocycles. The van der Waals surface area contributed by atoms with Crippen LogP contribution in [0.3, 0.4) is 0 Å². The summed E-state index contributed by atoms with van der Waals surface area (Å²) in [6.07, 6.45) is 3.50. The smallest absolute Gasteiger partial charge is 0.251 e. The Hall–Kier alpha value is -2.44. The molecule has 27 heavy (non-hydrogen) atoms. The molecule has 144 valence electrons. The van der Waals surface area contributed by atoms with Crippen LogP contribution in [0.4, 0.5) is 0 Å². The van der Waals surface area contributed by atoms with E-state index in [-0.39, 0.29) is 11.4 Å². The van der Waals surface area contributed by atoms with E-state index in [0.29, 0.717) is 24.5 Å². The number of benzene rings is 1. The van der Waals surface area contributed by atoms with Gasteiger partial charge in [-0.25, -0.2) is 0 Å². The lowest BCUT2D eigenvalue weighted by Gasteiger charge is -2.40. The van der Waals surface area contributed by atoms with E-state index < -0.39 is 0 Å². The van der Waals surface area contributed by atoms with Crippen molar-refractivity contribution in [2.45, 2.75) is 26.0 Å². The molecule has 0 spiro atoms. The van der Waals surface area contributed by atoms with E-state index in [9.17, 15) is 4.79 Å². The number of ether oxygens (including phenoxy) is 2. The molecule has 1 N–H and O–H groups in total. The van der Waals surface area contributed by atoms with Crippen molar-refractivity contribution in [3.8, 4) is 5.75 Å². The Bertz CT molecular complexity index is 743. The minimum absolute atomic E-state index is 0.0943. The van der Waals surface area contributed by atoms with E-state index in [0.717, 1.165) is 31.9 Å². The summed E-state index contributed by atoms with van der Waals surface area (Å²) in [6.45, 7) is 8.55. The van der Waals surface area contributed by atoms with Crippen molar-refractivity contribution in [3.63, 3.8) is 0 Å². The lowest BCUT2D eigenvalue weighted by molar-refractivity contribution is -0.00923. The van der Waals surface area contributed by atoms with Gasteiger partial charge < -0.3 is 14.8 Å². The molecular formula is C21H27N3O3. The molecule has 1 aliphatic rings. The highest BCUT2D eigenvalue weighted by Crippen LogP contribution is 2.17. The van der Waals surface area contributed by atoms with Crippen molar-refractivity contribution in [2.75, 3.05) is 32.8 Å². The van der Waals surface area contributed by atoms with Crippen LogP contribution in [0.25, 0.3) is 0 Å². The van der Waals surface area contributed by atoms with Crippen molar-refractivity contribution in [1.29, 1.82) is 0 Å². The van der Waals surface area contributed by atoms with Crippen LogP contribution in [-0.2, 0) is 11.3 Å². The van der Waals surface area contributed by atoms with Crippen molar-refractivity contribution < 1.29 is 14.3 Å². The molecule has 1 aromatic carbocycles. The summed E-state index contributed by atoms with van der Waals surface area (Å²) in [6, 6.07) is 11.1. The van der Waals surface area contributed by atoms with Gasteiger partial charge in [-0.1, -0.05) is 12.1 Å². The van der Waals surface area contributed by atoms with Crippen LogP contribution in [0.5, 0.6) is 5.75 Å². The molecule has 0 aliphatic carbocycles. The van der Waals surface area contributed by atoms with Gasteiger partial charge in [0.1, 0.15) is 12.4 Å². The molecule has 2 aromatic rings. The fourth-order valence-electron chi connectivity index (χ4n) is 3.06. The largest absolute Gasteiger partial charge is 0.489 e. The topological polar surface area (TPSA) is 63.7 Å². The number of morpholine rings is 1. The lowest BCUT2D eigenvalue weighted by atomic mass is 10.0. The lowest BCUT2D eigenvalue weighted by Crippen LogP contribution is -2.55. The summed E-state index contributed by atoms with van der Waals surface area (Å²) in [5.41, 5.74) is 1.46. The Kier molecular flexibility index (Phi) is 6.42. The number of nitrogens with zero attached hydrogens (tertiary/aromatic N) is 2. The molecule has 0 atom stereocenters. The minimum atomic E-state index is -0.117. The molecule has 6 nitrogen and oxygen atoms in total. The van der Waals surface area contributed by atoms with E-state index in [1.807, 2.05) is 24.3 Å². The van der Waals surface area contributed by atoms with Gasteiger partial charge in [0.15, 0.2) is 0 Å². The third-order valence-electron chi connectivity index (χ3n) is 4.77. The van der Waals surface area contributed by atoms with E-state index in [2.05, 4.69) is 29.0 Å². The maximum Gasteiger partial charge on any atom is 0.251 e. The number of rotatable bonds is 7. The molecule has 0 unspecified atom stereocenters. The molecular weight excluding hydrogens is 342 g/mol. The van der Waals surface area contributed by atoms with Crippen LogP contribution in [-0.4, -0.2) is 54.2 Å². The van der Waals surface area contributed by atoms with Crippen LogP contribution in [0.2, 0.25) is 0 Å². The zero-order valence-corrected chi connectivity index (χ0v) is 16.0.